The minimum atomic E-state index is -0.210. The van der Waals surface area contributed by atoms with E-state index in [9.17, 15) is 4.79 Å². The van der Waals surface area contributed by atoms with E-state index in [1.807, 2.05) is 49.6 Å². The van der Waals surface area contributed by atoms with Crippen LogP contribution in [-0.4, -0.2) is 27.3 Å². The summed E-state index contributed by atoms with van der Waals surface area (Å²) in [5, 5.41) is 7.11. The number of aromatic nitrogens is 3. The van der Waals surface area contributed by atoms with E-state index < -0.39 is 0 Å². The second-order valence-electron chi connectivity index (χ2n) is 7.26. The Bertz CT molecular complexity index is 1270. The fourth-order valence-corrected chi connectivity index (χ4v) is 3.55. The van der Waals surface area contributed by atoms with Crippen molar-refractivity contribution in [1.82, 2.24) is 14.8 Å². The first-order valence-corrected chi connectivity index (χ1v) is 9.95. The zero-order chi connectivity index (χ0) is 21.2. The molecule has 0 atom stereocenters. The van der Waals surface area contributed by atoms with E-state index >= 15 is 0 Å². The Morgan fingerprint density at radius 1 is 1.13 bits per heavy atom. The van der Waals surface area contributed by atoms with E-state index in [1.165, 1.54) is 0 Å². The van der Waals surface area contributed by atoms with Crippen molar-refractivity contribution in [2.24, 2.45) is 7.05 Å². The van der Waals surface area contributed by atoms with Crippen LogP contribution in [0.2, 0.25) is 0 Å². The second-order valence-corrected chi connectivity index (χ2v) is 7.26. The molecule has 5 rings (SSSR count). The van der Waals surface area contributed by atoms with Crippen LogP contribution in [0, 0.1) is 0 Å². The fraction of sp³-hybridized carbons (Fsp3) is 0.125. The van der Waals surface area contributed by atoms with Gasteiger partial charge in [0.15, 0.2) is 0 Å². The minimum absolute atomic E-state index is 0.210. The number of nitrogens with one attached hydrogen (secondary N) is 1. The highest BCUT2D eigenvalue weighted by Gasteiger charge is 2.20. The number of pyridine rings is 1. The zero-order valence-electron chi connectivity index (χ0n) is 16.9. The van der Waals surface area contributed by atoms with Crippen LogP contribution in [0.15, 0.2) is 73.2 Å². The summed E-state index contributed by atoms with van der Waals surface area (Å²) in [6.45, 7) is 0.607. The molecule has 0 bridgehead atoms. The van der Waals surface area contributed by atoms with Crippen molar-refractivity contribution in [3.8, 4) is 28.5 Å². The molecule has 0 saturated heterocycles. The first-order valence-electron chi connectivity index (χ1n) is 9.95. The van der Waals surface area contributed by atoms with Gasteiger partial charge in [-0.05, 0) is 29.8 Å². The molecule has 0 aliphatic carbocycles. The number of hydrogen-bond acceptors (Lipinski definition) is 5. The van der Waals surface area contributed by atoms with Gasteiger partial charge in [0, 0.05) is 49.2 Å². The third-order valence-electron chi connectivity index (χ3n) is 5.02. The normalized spacial score (nSPS) is 12.2. The van der Waals surface area contributed by atoms with Gasteiger partial charge in [0.2, 0.25) is 0 Å². The van der Waals surface area contributed by atoms with Gasteiger partial charge in [-0.15, -0.1) is 0 Å². The first-order chi connectivity index (χ1) is 15.2. The number of para-hydroxylation sites is 1. The van der Waals surface area contributed by atoms with Gasteiger partial charge in [0.1, 0.15) is 17.2 Å². The maximum Gasteiger partial charge on any atom is 0.259 e. The summed E-state index contributed by atoms with van der Waals surface area (Å²) in [6.07, 6.45) is 6.17. The fourth-order valence-electron chi connectivity index (χ4n) is 3.55. The molecule has 2 aromatic carbocycles. The second kappa shape index (κ2) is 7.95. The number of ether oxygens (including phenoxy) is 2. The number of carbonyl (C=O) groups is 1. The van der Waals surface area contributed by atoms with E-state index in [0.717, 1.165) is 23.2 Å². The minimum Gasteiger partial charge on any atom is -0.492 e. The van der Waals surface area contributed by atoms with Crippen LogP contribution < -0.4 is 14.8 Å². The van der Waals surface area contributed by atoms with Crippen LogP contribution in [0.1, 0.15) is 15.9 Å². The summed E-state index contributed by atoms with van der Waals surface area (Å²) < 4.78 is 13.4. The summed E-state index contributed by atoms with van der Waals surface area (Å²) in [5.74, 6) is 1.72. The standard InChI is InChI=1S/C24H20N4O3/c1-28-15-17(14-26-28)22-13-20(8-10-25-22)31-19-6-3-5-18(12-19)27-24(29)21-7-2-4-16-9-11-30-23(16)21/h2-8,10,12-15H,9,11H2,1H3,(H,27,29). The Morgan fingerprint density at radius 3 is 2.87 bits per heavy atom. The van der Waals surface area contributed by atoms with Crippen molar-refractivity contribution in [3.63, 3.8) is 0 Å². The molecule has 0 saturated carbocycles. The highest BCUT2D eigenvalue weighted by Crippen LogP contribution is 2.31. The average molecular weight is 412 g/mol. The zero-order valence-corrected chi connectivity index (χ0v) is 16.9. The predicted molar refractivity (Wildman–Crippen MR) is 117 cm³/mol. The van der Waals surface area contributed by atoms with Crippen LogP contribution >= 0.6 is 0 Å². The summed E-state index contributed by atoms with van der Waals surface area (Å²) >= 11 is 0. The topological polar surface area (TPSA) is 78.3 Å². The first kappa shape index (κ1) is 18.9. The maximum atomic E-state index is 12.8. The van der Waals surface area contributed by atoms with Crippen LogP contribution in [0.4, 0.5) is 5.69 Å². The Morgan fingerprint density at radius 2 is 2.00 bits per heavy atom. The van der Waals surface area contributed by atoms with E-state index in [1.54, 1.807) is 35.3 Å². The van der Waals surface area contributed by atoms with Gasteiger partial charge in [-0.3, -0.25) is 14.5 Å². The highest BCUT2D eigenvalue weighted by molar-refractivity contribution is 6.06. The van der Waals surface area contributed by atoms with Gasteiger partial charge in [0.05, 0.1) is 24.1 Å². The van der Waals surface area contributed by atoms with Crippen molar-refractivity contribution in [2.45, 2.75) is 6.42 Å². The van der Waals surface area contributed by atoms with Gasteiger partial charge < -0.3 is 14.8 Å². The van der Waals surface area contributed by atoms with Crippen LogP contribution in [0.5, 0.6) is 17.2 Å². The Kier molecular flexibility index (Phi) is 4.84. The molecule has 4 aromatic rings. The number of nitrogens with zero attached hydrogens (tertiary/aromatic N) is 3. The molecule has 7 heteroatoms. The molecule has 0 unspecified atom stereocenters. The van der Waals surface area contributed by atoms with Gasteiger partial charge in [0.25, 0.3) is 5.91 Å². The molecule has 0 fully saturated rings. The molecular formula is C24H20N4O3. The summed E-state index contributed by atoms with van der Waals surface area (Å²) in [7, 11) is 1.86. The number of amides is 1. The van der Waals surface area contributed by atoms with Crippen molar-refractivity contribution >= 4 is 11.6 Å². The number of aryl methyl sites for hydroxylation is 1. The monoisotopic (exact) mass is 412 g/mol. The third kappa shape index (κ3) is 3.98. The number of fused-ring (bicyclic) bond motifs is 1. The summed E-state index contributed by atoms with van der Waals surface area (Å²) in [4.78, 5) is 17.2. The van der Waals surface area contributed by atoms with Crippen LogP contribution in [0.3, 0.4) is 0 Å². The lowest BCUT2D eigenvalue weighted by molar-refractivity contribution is 0.102. The molecule has 3 heterocycles. The lowest BCUT2D eigenvalue weighted by Crippen LogP contribution is -2.13. The lowest BCUT2D eigenvalue weighted by atomic mass is 10.1. The largest absolute Gasteiger partial charge is 0.492 e. The Balaban J connectivity index is 1.33. The van der Waals surface area contributed by atoms with Crippen molar-refractivity contribution in [2.75, 3.05) is 11.9 Å². The third-order valence-corrected chi connectivity index (χ3v) is 5.02. The molecule has 1 N–H and O–H groups in total. The van der Waals surface area contributed by atoms with Crippen molar-refractivity contribution < 1.29 is 14.3 Å². The number of hydrogen-bond donors (Lipinski definition) is 1. The van der Waals surface area contributed by atoms with Gasteiger partial charge in [-0.2, -0.15) is 5.10 Å². The van der Waals surface area contributed by atoms with E-state index in [4.69, 9.17) is 9.47 Å². The molecule has 154 valence electrons. The Labute approximate surface area is 179 Å². The van der Waals surface area contributed by atoms with E-state index in [-0.39, 0.29) is 5.91 Å². The van der Waals surface area contributed by atoms with E-state index in [2.05, 4.69) is 15.4 Å². The molecule has 0 spiro atoms. The average Bonchev–Trinajstić information content (AvgIpc) is 3.43. The molecule has 7 nitrogen and oxygen atoms in total. The summed E-state index contributed by atoms with van der Waals surface area (Å²) in [5.41, 5.74) is 3.92. The van der Waals surface area contributed by atoms with Gasteiger partial charge in [-0.1, -0.05) is 18.2 Å². The molecule has 31 heavy (non-hydrogen) atoms. The smallest absolute Gasteiger partial charge is 0.259 e. The van der Waals surface area contributed by atoms with Gasteiger partial charge >= 0.3 is 0 Å². The van der Waals surface area contributed by atoms with Crippen LogP contribution in [0.25, 0.3) is 11.3 Å². The molecule has 0 radical (unpaired) electrons. The van der Waals surface area contributed by atoms with Crippen molar-refractivity contribution in [1.29, 1.82) is 0 Å². The quantitative estimate of drug-likeness (QED) is 0.524. The van der Waals surface area contributed by atoms with Crippen LogP contribution in [-0.2, 0) is 13.5 Å². The Hall–Kier alpha value is -4.13. The number of rotatable bonds is 5. The van der Waals surface area contributed by atoms with Gasteiger partial charge in [-0.25, -0.2) is 0 Å². The highest BCUT2D eigenvalue weighted by atomic mass is 16.5. The molecule has 1 aliphatic rings. The number of carbonyl (C=O) groups excluding carboxylic acids is 1. The number of anilines is 1. The maximum absolute atomic E-state index is 12.8. The van der Waals surface area contributed by atoms with Crippen molar-refractivity contribution in [3.05, 3.63) is 84.3 Å². The lowest BCUT2D eigenvalue weighted by Gasteiger charge is -2.11. The molecule has 2 aromatic heterocycles. The SMILES string of the molecule is Cn1cc(-c2cc(Oc3cccc(NC(=O)c4cccc5c4OCC5)c3)ccn2)cn1. The number of benzene rings is 2. The predicted octanol–water partition coefficient (Wildman–Crippen LogP) is 4.46. The van der Waals surface area contributed by atoms with E-state index in [0.29, 0.717) is 35.1 Å². The summed E-state index contributed by atoms with van der Waals surface area (Å²) in [6, 6.07) is 16.6. The molecule has 1 amide bonds. The molecular weight excluding hydrogens is 392 g/mol. The molecule has 1 aliphatic heterocycles.